The Labute approximate surface area is 154 Å². The fourth-order valence-electron chi connectivity index (χ4n) is 2.84. The number of nitrogens with zero attached hydrogens (tertiary/aromatic N) is 3. The molecule has 0 radical (unpaired) electrons. The van der Waals surface area contributed by atoms with Crippen LogP contribution in [0.15, 0.2) is 48.8 Å². The maximum atomic E-state index is 12.3. The summed E-state index contributed by atoms with van der Waals surface area (Å²) in [5.74, 6) is 0.771. The Kier molecular flexibility index (Phi) is 5.56. The highest BCUT2D eigenvalue weighted by Gasteiger charge is 2.11. The van der Waals surface area contributed by atoms with Crippen molar-refractivity contribution in [2.24, 2.45) is 0 Å². The maximum absolute atomic E-state index is 12.3. The van der Waals surface area contributed by atoms with Crippen molar-refractivity contribution in [3.05, 3.63) is 65.6 Å². The van der Waals surface area contributed by atoms with Gasteiger partial charge in [-0.15, -0.1) is 0 Å². The van der Waals surface area contributed by atoms with E-state index >= 15 is 0 Å². The highest BCUT2D eigenvalue weighted by molar-refractivity contribution is 5.94. The van der Waals surface area contributed by atoms with E-state index in [9.17, 15) is 4.79 Å². The zero-order valence-corrected chi connectivity index (χ0v) is 15.6. The number of unbranched alkanes of at least 4 members (excludes halogenated alkanes) is 1. The van der Waals surface area contributed by atoms with E-state index in [4.69, 9.17) is 4.74 Å². The van der Waals surface area contributed by atoms with E-state index in [2.05, 4.69) is 11.9 Å². The average molecular weight is 351 g/mol. The summed E-state index contributed by atoms with van der Waals surface area (Å²) in [5, 5.41) is 0. The van der Waals surface area contributed by atoms with Crippen LogP contribution in [0, 0.1) is 6.92 Å². The Balaban J connectivity index is 1.62. The number of hydrogen-bond donors (Lipinski definition) is 0. The first-order chi connectivity index (χ1) is 12.6. The monoisotopic (exact) mass is 351 g/mol. The molecule has 26 heavy (non-hydrogen) atoms. The van der Waals surface area contributed by atoms with Crippen molar-refractivity contribution in [3.8, 4) is 5.75 Å². The van der Waals surface area contributed by atoms with Gasteiger partial charge in [-0.2, -0.15) is 0 Å². The number of ether oxygens (including phenoxy) is 1. The van der Waals surface area contributed by atoms with Crippen LogP contribution in [0.25, 0.3) is 5.65 Å². The van der Waals surface area contributed by atoms with Gasteiger partial charge in [0.1, 0.15) is 18.0 Å². The number of benzene rings is 1. The van der Waals surface area contributed by atoms with Gasteiger partial charge in [-0.1, -0.05) is 19.4 Å². The van der Waals surface area contributed by atoms with Gasteiger partial charge in [0.2, 0.25) is 0 Å². The van der Waals surface area contributed by atoms with Gasteiger partial charge in [0, 0.05) is 31.5 Å². The summed E-state index contributed by atoms with van der Waals surface area (Å²) in [7, 11) is 1.84. The van der Waals surface area contributed by atoms with Crippen molar-refractivity contribution in [2.75, 3.05) is 13.6 Å². The summed E-state index contributed by atoms with van der Waals surface area (Å²) in [5.41, 5.74) is 3.63. The summed E-state index contributed by atoms with van der Waals surface area (Å²) < 4.78 is 7.82. The van der Waals surface area contributed by atoms with Crippen LogP contribution in [-0.4, -0.2) is 33.8 Å². The molecule has 0 aliphatic heterocycles. The molecule has 0 unspecified atom stereocenters. The van der Waals surface area contributed by atoms with Crippen LogP contribution in [0.3, 0.4) is 0 Å². The normalized spacial score (nSPS) is 10.9. The molecule has 136 valence electrons. The lowest BCUT2D eigenvalue weighted by Gasteiger charge is -2.16. The topological polar surface area (TPSA) is 46.8 Å². The number of pyridine rings is 1. The first kappa shape index (κ1) is 18.0. The predicted octanol–water partition coefficient (Wildman–Crippen LogP) is 4.09. The molecule has 1 amide bonds. The number of aromatic nitrogens is 2. The molecule has 3 rings (SSSR count). The molecule has 0 spiro atoms. The Hall–Kier alpha value is -2.82. The average Bonchev–Trinajstić information content (AvgIpc) is 3.09. The predicted molar refractivity (Wildman–Crippen MR) is 103 cm³/mol. The maximum Gasteiger partial charge on any atom is 0.253 e. The van der Waals surface area contributed by atoms with Crippen molar-refractivity contribution in [3.63, 3.8) is 0 Å². The van der Waals surface area contributed by atoms with Gasteiger partial charge in [0.25, 0.3) is 5.91 Å². The molecule has 0 saturated carbocycles. The number of aryl methyl sites for hydroxylation is 1. The smallest absolute Gasteiger partial charge is 0.253 e. The third-order valence-electron chi connectivity index (χ3n) is 4.41. The van der Waals surface area contributed by atoms with E-state index in [1.807, 2.05) is 67.2 Å². The lowest BCUT2D eigenvalue weighted by atomic mass is 10.2. The molecule has 0 bridgehead atoms. The Morgan fingerprint density at radius 2 is 2.00 bits per heavy atom. The van der Waals surface area contributed by atoms with E-state index in [1.165, 1.54) is 0 Å². The van der Waals surface area contributed by atoms with Crippen LogP contribution in [0.2, 0.25) is 0 Å². The van der Waals surface area contributed by atoms with Crippen LogP contribution < -0.4 is 4.74 Å². The SMILES string of the molecule is CCCCN(C)C(=O)c1ccc(OCc2cn3cccc(C)c3n2)cc1. The van der Waals surface area contributed by atoms with E-state index < -0.39 is 0 Å². The van der Waals surface area contributed by atoms with Crippen LogP contribution in [-0.2, 0) is 6.61 Å². The first-order valence-electron chi connectivity index (χ1n) is 9.00. The highest BCUT2D eigenvalue weighted by atomic mass is 16.5. The minimum absolute atomic E-state index is 0.0424. The minimum Gasteiger partial charge on any atom is -0.487 e. The number of fused-ring (bicyclic) bond motifs is 1. The molecule has 5 heteroatoms. The quantitative estimate of drug-likeness (QED) is 0.644. The number of carbonyl (C=O) groups is 1. The van der Waals surface area contributed by atoms with E-state index in [0.717, 1.165) is 42.0 Å². The number of imidazole rings is 1. The molecule has 0 aliphatic rings. The fraction of sp³-hybridized carbons (Fsp3) is 0.333. The lowest BCUT2D eigenvalue weighted by molar-refractivity contribution is 0.0793. The van der Waals surface area contributed by atoms with Gasteiger partial charge in [-0.05, 0) is 49.2 Å². The molecule has 5 nitrogen and oxygen atoms in total. The standard InChI is InChI=1S/C21H25N3O2/c1-4-5-12-23(3)21(25)17-8-10-19(11-9-17)26-15-18-14-24-13-6-7-16(2)20(24)22-18/h6-11,13-14H,4-5,12,15H2,1-3H3. The Bertz CT molecular complexity index is 884. The number of hydrogen-bond acceptors (Lipinski definition) is 3. The van der Waals surface area contributed by atoms with Crippen molar-refractivity contribution >= 4 is 11.6 Å². The second-order valence-corrected chi connectivity index (χ2v) is 6.55. The molecule has 0 saturated heterocycles. The van der Waals surface area contributed by atoms with Gasteiger partial charge in [-0.3, -0.25) is 4.79 Å². The first-order valence-corrected chi connectivity index (χ1v) is 9.00. The van der Waals surface area contributed by atoms with Gasteiger partial charge in [0.05, 0.1) is 5.69 Å². The summed E-state index contributed by atoms with van der Waals surface area (Å²) in [6, 6.07) is 11.3. The second-order valence-electron chi connectivity index (χ2n) is 6.55. The Morgan fingerprint density at radius 3 is 2.69 bits per heavy atom. The van der Waals surface area contributed by atoms with Gasteiger partial charge in [0.15, 0.2) is 0 Å². The minimum atomic E-state index is 0.0424. The molecule has 2 heterocycles. The van der Waals surface area contributed by atoms with Gasteiger partial charge >= 0.3 is 0 Å². The number of carbonyl (C=O) groups excluding carboxylic acids is 1. The summed E-state index contributed by atoms with van der Waals surface area (Å²) in [6.45, 7) is 5.33. The molecule has 2 aromatic heterocycles. The summed E-state index contributed by atoms with van der Waals surface area (Å²) in [6.07, 6.45) is 6.05. The van der Waals surface area contributed by atoms with Crippen LogP contribution in [0.1, 0.15) is 41.4 Å². The molecule has 0 N–H and O–H groups in total. The molecule has 3 aromatic rings. The van der Waals surface area contributed by atoms with Gasteiger partial charge < -0.3 is 14.0 Å². The molecule has 0 fully saturated rings. The molecule has 0 aliphatic carbocycles. The van der Waals surface area contributed by atoms with Crippen molar-refractivity contribution in [2.45, 2.75) is 33.3 Å². The number of rotatable bonds is 7. The van der Waals surface area contributed by atoms with Crippen molar-refractivity contribution in [1.82, 2.24) is 14.3 Å². The zero-order valence-electron chi connectivity index (χ0n) is 15.6. The van der Waals surface area contributed by atoms with E-state index in [0.29, 0.717) is 12.2 Å². The largest absolute Gasteiger partial charge is 0.487 e. The van der Waals surface area contributed by atoms with Crippen LogP contribution in [0.4, 0.5) is 0 Å². The number of amides is 1. The summed E-state index contributed by atoms with van der Waals surface area (Å²) in [4.78, 5) is 18.7. The second kappa shape index (κ2) is 8.04. The van der Waals surface area contributed by atoms with Crippen LogP contribution in [0.5, 0.6) is 5.75 Å². The Morgan fingerprint density at radius 1 is 1.23 bits per heavy atom. The summed E-state index contributed by atoms with van der Waals surface area (Å²) >= 11 is 0. The molecule has 0 atom stereocenters. The molecular formula is C21H25N3O2. The van der Waals surface area contributed by atoms with E-state index in [1.54, 1.807) is 4.90 Å². The van der Waals surface area contributed by atoms with E-state index in [-0.39, 0.29) is 5.91 Å². The molecule has 1 aromatic carbocycles. The van der Waals surface area contributed by atoms with Crippen LogP contribution >= 0.6 is 0 Å². The van der Waals surface area contributed by atoms with Crippen molar-refractivity contribution in [1.29, 1.82) is 0 Å². The third kappa shape index (κ3) is 4.04. The zero-order chi connectivity index (χ0) is 18.5. The highest BCUT2D eigenvalue weighted by Crippen LogP contribution is 2.16. The third-order valence-corrected chi connectivity index (χ3v) is 4.41. The van der Waals surface area contributed by atoms with Gasteiger partial charge in [-0.25, -0.2) is 4.98 Å². The van der Waals surface area contributed by atoms with Crippen molar-refractivity contribution < 1.29 is 9.53 Å². The lowest BCUT2D eigenvalue weighted by Crippen LogP contribution is -2.27. The molecular weight excluding hydrogens is 326 g/mol. The fourth-order valence-corrected chi connectivity index (χ4v) is 2.84.